The molecule has 1 saturated carbocycles. The van der Waals surface area contributed by atoms with Crippen molar-refractivity contribution in [3.8, 4) is 5.75 Å². The summed E-state index contributed by atoms with van der Waals surface area (Å²) in [5.74, 6) is 2.05. The van der Waals surface area contributed by atoms with Crippen LogP contribution < -0.4 is 15.8 Å². The summed E-state index contributed by atoms with van der Waals surface area (Å²) in [6.07, 6.45) is 6.53. The summed E-state index contributed by atoms with van der Waals surface area (Å²) in [6.45, 7) is 13.8. The molecule has 194 valence electrons. The van der Waals surface area contributed by atoms with Crippen LogP contribution in [0.25, 0.3) is 0 Å². The number of rotatable bonds is 6. The van der Waals surface area contributed by atoms with Crippen LogP contribution in [0, 0.1) is 25.7 Å². The van der Waals surface area contributed by atoms with Crippen LogP contribution in [-0.4, -0.2) is 18.8 Å². The molecule has 5 heteroatoms. The minimum Gasteiger partial charge on any atom is -0.496 e. The fourth-order valence-electron chi connectivity index (χ4n) is 4.60. The first-order chi connectivity index (χ1) is 16.7. The number of nitrogens with one attached hydrogen (secondary N) is 1. The van der Waals surface area contributed by atoms with Crippen molar-refractivity contribution in [1.29, 1.82) is 0 Å². The van der Waals surface area contributed by atoms with Gasteiger partial charge in [-0.1, -0.05) is 40.2 Å². The molecule has 2 aromatic carbocycles. The Morgan fingerprint density at radius 3 is 2.14 bits per heavy atom. The molecule has 35 heavy (non-hydrogen) atoms. The lowest BCUT2D eigenvalue weighted by molar-refractivity contribution is -0.121. The molecule has 0 spiro atoms. The number of ketones is 1. The van der Waals surface area contributed by atoms with Crippen molar-refractivity contribution in [3.05, 3.63) is 52.6 Å². The number of carbonyl (C=O) groups excluding carboxylic acids is 2. The van der Waals surface area contributed by atoms with Crippen LogP contribution in [0.5, 0.6) is 5.75 Å². The van der Waals surface area contributed by atoms with Gasteiger partial charge in [0.25, 0.3) is 0 Å². The molecule has 3 rings (SSSR count). The van der Waals surface area contributed by atoms with E-state index < -0.39 is 0 Å². The van der Waals surface area contributed by atoms with Gasteiger partial charge in [0.2, 0.25) is 5.91 Å². The molecule has 0 saturated heterocycles. The summed E-state index contributed by atoms with van der Waals surface area (Å²) in [5, 5.41) is 3.03. The third-order valence-electron chi connectivity index (χ3n) is 6.70. The number of carbonyl (C=O) groups is 2. The topological polar surface area (TPSA) is 81.4 Å². The predicted octanol–water partition coefficient (Wildman–Crippen LogP) is 7.53. The molecular weight excluding hydrogens is 436 g/mol. The van der Waals surface area contributed by atoms with E-state index in [1.54, 1.807) is 20.1 Å². The van der Waals surface area contributed by atoms with Crippen LogP contribution in [-0.2, 0) is 11.2 Å². The second-order valence-electron chi connectivity index (χ2n) is 9.07. The maximum absolute atomic E-state index is 12.3. The van der Waals surface area contributed by atoms with Gasteiger partial charge >= 0.3 is 0 Å². The molecule has 0 unspecified atom stereocenters. The number of nitrogen functional groups attached to an aromatic ring is 1. The van der Waals surface area contributed by atoms with Crippen molar-refractivity contribution in [3.63, 3.8) is 0 Å². The van der Waals surface area contributed by atoms with Crippen molar-refractivity contribution in [1.82, 2.24) is 0 Å². The van der Waals surface area contributed by atoms with Crippen molar-refractivity contribution in [2.24, 2.45) is 11.8 Å². The van der Waals surface area contributed by atoms with Gasteiger partial charge < -0.3 is 15.8 Å². The lowest BCUT2D eigenvalue weighted by Gasteiger charge is -2.27. The van der Waals surface area contributed by atoms with Crippen LogP contribution in [0.4, 0.5) is 11.4 Å². The predicted molar refractivity (Wildman–Crippen MR) is 148 cm³/mol. The second kappa shape index (κ2) is 15.2. The molecule has 1 fully saturated rings. The van der Waals surface area contributed by atoms with Gasteiger partial charge in [-0.05, 0) is 93.7 Å². The lowest BCUT2D eigenvalue weighted by Crippen LogP contribution is -2.27. The number of hydrogen-bond acceptors (Lipinski definition) is 4. The Hall–Kier alpha value is -2.82. The van der Waals surface area contributed by atoms with Gasteiger partial charge in [-0.3, -0.25) is 9.59 Å². The molecule has 0 bridgehead atoms. The SMILES string of the molecule is CC.CCC1CCC(C(=O)Nc2ccc(C)c(OC)c2)CC1.CCc1c(C)cc(N)cc1C(C)=O. The number of methoxy groups -OCH3 is 1. The third-order valence-corrected chi connectivity index (χ3v) is 6.70. The number of Topliss-reactive ketones (excluding diaryl/α,β-unsaturated/α-hetero) is 1. The number of aryl methyl sites for hydroxylation is 2. The minimum atomic E-state index is 0.0900. The number of ether oxygens (including phenoxy) is 1. The van der Waals surface area contributed by atoms with Gasteiger partial charge in [0.1, 0.15) is 5.75 Å². The molecule has 1 aliphatic carbocycles. The Morgan fingerprint density at radius 2 is 1.63 bits per heavy atom. The molecule has 1 aliphatic rings. The highest BCUT2D eigenvalue weighted by atomic mass is 16.5. The molecule has 0 heterocycles. The van der Waals surface area contributed by atoms with Crippen molar-refractivity contribution >= 4 is 23.1 Å². The number of benzene rings is 2. The number of nitrogens with two attached hydrogens (primary N) is 1. The Labute approximate surface area is 212 Å². The fourth-order valence-corrected chi connectivity index (χ4v) is 4.60. The smallest absolute Gasteiger partial charge is 0.227 e. The van der Waals surface area contributed by atoms with E-state index in [0.29, 0.717) is 5.69 Å². The third kappa shape index (κ3) is 9.04. The molecule has 0 aromatic heterocycles. The summed E-state index contributed by atoms with van der Waals surface area (Å²) in [6, 6.07) is 9.47. The van der Waals surface area contributed by atoms with E-state index in [0.717, 1.165) is 58.9 Å². The van der Waals surface area contributed by atoms with E-state index in [1.807, 2.05) is 58.9 Å². The average molecular weight is 483 g/mol. The zero-order valence-corrected chi connectivity index (χ0v) is 23.1. The van der Waals surface area contributed by atoms with Gasteiger partial charge in [-0.2, -0.15) is 0 Å². The number of hydrogen-bond donors (Lipinski definition) is 2. The van der Waals surface area contributed by atoms with Crippen molar-refractivity contribution in [2.75, 3.05) is 18.2 Å². The van der Waals surface area contributed by atoms with E-state index in [4.69, 9.17) is 10.5 Å². The van der Waals surface area contributed by atoms with Crippen LogP contribution in [0.3, 0.4) is 0 Å². The lowest BCUT2D eigenvalue weighted by atomic mass is 9.80. The molecule has 2 aromatic rings. The molecule has 1 amide bonds. The van der Waals surface area contributed by atoms with Gasteiger partial charge in [-0.25, -0.2) is 0 Å². The van der Waals surface area contributed by atoms with Gasteiger partial charge in [0.15, 0.2) is 5.78 Å². The highest BCUT2D eigenvalue weighted by molar-refractivity contribution is 5.96. The van der Waals surface area contributed by atoms with Gasteiger partial charge in [-0.15, -0.1) is 0 Å². The van der Waals surface area contributed by atoms with E-state index in [1.165, 1.54) is 19.3 Å². The van der Waals surface area contributed by atoms with Gasteiger partial charge in [0.05, 0.1) is 7.11 Å². The standard InChI is InChI=1S/C17H25NO2.C11H15NO.C2H6/c1-4-13-6-8-14(9-7-13)17(19)18-15-10-5-12(2)16(11-15)20-3;1-4-10-7(2)5-9(12)6-11(10)8(3)13;1-2/h5,10-11,13-14H,4,6-9H2,1-3H3,(H,18,19);5-6H,4,12H2,1-3H3;1-2H3. The molecule has 3 N–H and O–H groups in total. The Kier molecular flexibility index (Phi) is 13.1. The summed E-state index contributed by atoms with van der Waals surface area (Å²) >= 11 is 0. The zero-order chi connectivity index (χ0) is 26.5. The van der Waals surface area contributed by atoms with E-state index in [-0.39, 0.29) is 17.6 Å². The van der Waals surface area contributed by atoms with Crippen LogP contribution >= 0.6 is 0 Å². The number of anilines is 2. The van der Waals surface area contributed by atoms with Crippen molar-refractivity contribution in [2.45, 2.75) is 87.0 Å². The van der Waals surface area contributed by atoms with Gasteiger partial charge in [0, 0.05) is 28.9 Å². The monoisotopic (exact) mass is 482 g/mol. The van der Waals surface area contributed by atoms with Crippen LogP contribution in [0.1, 0.15) is 93.8 Å². The Morgan fingerprint density at radius 1 is 1.00 bits per heavy atom. The maximum Gasteiger partial charge on any atom is 0.227 e. The normalized spacial score (nSPS) is 16.7. The summed E-state index contributed by atoms with van der Waals surface area (Å²) in [7, 11) is 1.65. The molecule has 0 radical (unpaired) electrons. The minimum absolute atomic E-state index is 0.0900. The average Bonchev–Trinajstić information content (AvgIpc) is 2.86. The first-order valence-electron chi connectivity index (χ1n) is 13.0. The first kappa shape index (κ1) is 30.2. The summed E-state index contributed by atoms with van der Waals surface area (Å²) < 4.78 is 5.29. The molecule has 0 atom stereocenters. The van der Waals surface area contributed by atoms with E-state index in [2.05, 4.69) is 12.2 Å². The zero-order valence-electron chi connectivity index (χ0n) is 23.1. The maximum atomic E-state index is 12.3. The highest BCUT2D eigenvalue weighted by Gasteiger charge is 2.25. The second-order valence-corrected chi connectivity index (χ2v) is 9.07. The van der Waals surface area contributed by atoms with Crippen LogP contribution in [0.15, 0.2) is 30.3 Å². The number of amides is 1. The summed E-state index contributed by atoms with van der Waals surface area (Å²) in [4.78, 5) is 23.6. The first-order valence-corrected chi connectivity index (χ1v) is 13.0. The van der Waals surface area contributed by atoms with E-state index >= 15 is 0 Å². The Bertz CT molecular complexity index is 960. The van der Waals surface area contributed by atoms with Crippen molar-refractivity contribution < 1.29 is 14.3 Å². The quantitative estimate of drug-likeness (QED) is 0.329. The molecular formula is C30H46N2O3. The van der Waals surface area contributed by atoms with Crippen LogP contribution in [0.2, 0.25) is 0 Å². The Balaban J connectivity index is 0.000000354. The van der Waals surface area contributed by atoms with E-state index in [9.17, 15) is 9.59 Å². The molecule has 0 aliphatic heterocycles. The molecule has 5 nitrogen and oxygen atoms in total. The fraction of sp³-hybridized carbons (Fsp3) is 0.533. The highest BCUT2D eigenvalue weighted by Crippen LogP contribution is 2.31. The summed E-state index contributed by atoms with van der Waals surface area (Å²) in [5.41, 5.74) is 11.2. The largest absolute Gasteiger partial charge is 0.496 e.